The number of aromatic nitrogens is 3. The van der Waals surface area contributed by atoms with Gasteiger partial charge in [0.1, 0.15) is 17.3 Å². The summed E-state index contributed by atoms with van der Waals surface area (Å²) in [7, 11) is 0. The maximum absolute atomic E-state index is 5.89. The molecule has 5 nitrogen and oxygen atoms in total. The van der Waals surface area contributed by atoms with E-state index < -0.39 is 0 Å². The molecule has 0 N–H and O–H groups in total. The maximum atomic E-state index is 5.89. The largest absolute Gasteiger partial charge is 0.367 e. The summed E-state index contributed by atoms with van der Waals surface area (Å²) in [5.41, 5.74) is 1.17. The van der Waals surface area contributed by atoms with E-state index in [2.05, 4.69) is 30.8 Å². The number of hydrogen-bond donors (Lipinski definition) is 0. The van der Waals surface area contributed by atoms with E-state index in [9.17, 15) is 0 Å². The van der Waals surface area contributed by atoms with Gasteiger partial charge in [0.15, 0.2) is 0 Å². The van der Waals surface area contributed by atoms with Crippen molar-refractivity contribution in [2.24, 2.45) is 0 Å². The predicted molar refractivity (Wildman–Crippen MR) is 75.7 cm³/mol. The Hall–Kier alpha value is -1.88. The molecule has 0 spiro atoms. The Bertz CT molecular complexity index is 540. The molecule has 0 amide bonds. The first kappa shape index (κ1) is 12.2. The van der Waals surface area contributed by atoms with E-state index in [1.165, 1.54) is 12.0 Å². The summed E-state index contributed by atoms with van der Waals surface area (Å²) in [6, 6.07) is 5.86. The van der Waals surface area contributed by atoms with Gasteiger partial charge >= 0.3 is 0 Å². The highest BCUT2D eigenvalue weighted by Gasteiger charge is 2.18. The van der Waals surface area contributed by atoms with E-state index in [1.807, 2.05) is 12.3 Å². The van der Waals surface area contributed by atoms with Gasteiger partial charge in [-0.3, -0.25) is 4.98 Å². The number of pyridine rings is 1. The molecule has 0 atom stereocenters. The van der Waals surface area contributed by atoms with Crippen molar-refractivity contribution < 1.29 is 0 Å². The summed E-state index contributed by atoms with van der Waals surface area (Å²) in [6.45, 7) is 3.74. The molecule has 0 saturated carbocycles. The van der Waals surface area contributed by atoms with Crippen LogP contribution in [0.15, 0.2) is 36.9 Å². The van der Waals surface area contributed by atoms with Crippen LogP contribution >= 0.6 is 11.6 Å². The monoisotopic (exact) mass is 275 g/mol. The number of rotatable bonds is 2. The van der Waals surface area contributed by atoms with E-state index in [-0.39, 0.29) is 0 Å². The second kappa shape index (κ2) is 5.40. The summed E-state index contributed by atoms with van der Waals surface area (Å²) >= 11 is 5.89. The molecule has 3 heterocycles. The first-order valence-corrected chi connectivity index (χ1v) is 6.58. The molecule has 1 saturated heterocycles. The van der Waals surface area contributed by atoms with Gasteiger partial charge in [0.25, 0.3) is 0 Å². The van der Waals surface area contributed by atoms with E-state index in [0.717, 1.165) is 32.0 Å². The van der Waals surface area contributed by atoms with Gasteiger partial charge in [0.2, 0.25) is 0 Å². The van der Waals surface area contributed by atoms with Crippen molar-refractivity contribution >= 4 is 23.1 Å². The van der Waals surface area contributed by atoms with Crippen LogP contribution in [0.2, 0.25) is 5.15 Å². The van der Waals surface area contributed by atoms with Gasteiger partial charge in [0.05, 0.1) is 11.9 Å². The van der Waals surface area contributed by atoms with Gasteiger partial charge in [-0.2, -0.15) is 0 Å². The molecular weight excluding hydrogens is 262 g/mol. The Kier molecular flexibility index (Phi) is 3.46. The van der Waals surface area contributed by atoms with Crippen molar-refractivity contribution in [1.82, 2.24) is 15.0 Å². The molecule has 0 aliphatic carbocycles. The molecule has 3 rings (SSSR count). The molecule has 0 aromatic carbocycles. The highest BCUT2D eigenvalue weighted by Crippen LogP contribution is 2.19. The Balaban J connectivity index is 1.67. The lowest BCUT2D eigenvalue weighted by molar-refractivity contribution is 0.646. The summed E-state index contributed by atoms with van der Waals surface area (Å²) < 4.78 is 0. The molecule has 0 bridgehead atoms. The van der Waals surface area contributed by atoms with Crippen molar-refractivity contribution in [2.75, 3.05) is 36.0 Å². The molecule has 2 aromatic heterocycles. The zero-order valence-electron chi connectivity index (χ0n) is 10.4. The Labute approximate surface area is 116 Å². The van der Waals surface area contributed by atoms with Gasteiger partial charge in [0, 0.05) is 38.4 Å². The van der Waals surface area contributed by atoms with Crippen molar-refractivity contribution in [3.63, 3.8) is 0 Å². The van der Waals surface area contributed by atoms with Gasteiger partial charge in [-0.05, 0) is 12.1 Å². The standard InChI is InChI=1S/C13H14ClN5/c14-12-8-13(17-10-16-12)19-6-4-18(5-7-19)11-2-1-3-15-9-11/h1-3,8-10H,4-7H2. The first-order chi connectivity index (χ1) is 9.33. The maximum Gasteiger partial charge on any atom is 0.134 e. The number of hydrogen-bond acceptors (Lipinski definition) is 5. The van der Waals surface area contributed by atoms with E-state index in [0.29, 0.717) is 5.15 Å². The van der Waals surface area contributed by atoms with Crippen molar-refractivity contribution in [2.45, 2.75) is 0 Å². The number of anilines is 2. The van der Waals surface area contributed by atoms with Crippen molar-refractivity contribution in [3.05, 3.63) is 42.1 Å². The van der Waals surface area contributed by atoms with Crippen LogP contribution in [0.25, 0.3) is 0 Å². The average molecular weight is 276 g/mol. The highest BCUT2D eigenvalue weighted by molar-refractivity contribution is 6.29. The molecule has 19 heavy (non-hydrogen) atoms. The number of nitrogens with zero attached hydrogens (tertiary/aromatic N) is 5. The van der Waals surface area contributed by atoms with Crippen LogP contribution in [0.4, 0.5) is 11.5 Å². The summed E-state index contributed by atoms with van der Waals surface area (Å²) in [6.07, 6.45) is 5.20. The molecular formula is C13H14ClN5. The zero-order chi connectivity index (χ0) is 13.1. The highest BCUT2D eigenvalue weighted by atomic mass is 35.5. The van der Waals surface area contributed by atoms with Gasteiger partial charge in [-0.1, -0.05) is 11.6 Å². The van der Waals surface area contributed by atoms with Crippen LogP contribution in [-0.2, 0) is 0 Å². The van der Waals surface area contributed by atoms with Crippen LogP contribution in [-0.4, -0.2) is 41.1 Å². The van der Waals surface area contributed by atoms with Crippen LogP contribution < -0.4 is 9.80 Å². The quantitative estimate of drug-likeness (QED) is 0.783. The molecule has 2 aromatic rings. The third-order valence-electron chi connectivity index (χ3n) is 3.23. The first-order valence-electron chi connectivity index (χ1n) is 6.20. The predicted octanol–water partition coefficient (Wildman–Crippen LogP) is 1.85. The molecule has 1 aliphatic heterocycles. The fourth-order valence-corrected chi connectivity index (χ4v) is 2.37. The minimum absolute atomic E-state index is 0.486. The lowest BCUT2D eigenvalue weighted by Crippen LogP contribution is -2.46. The smallest absolute Gasteiger partial charge is 0.134 e. The Morgan fingerprint density at radius 2 is 1.84 bits per heavy atom. The molecule has 1 fully saturated rings. The van der Waals surface area contributed by atoms with E-state index in [1.54, 1.807) is 12.3 Å². The Morgan fingerprint density at radius 1 is 1.05 bits per heavy atom. The zero-order valence-corrected chi connectivity index (χ0v) is 11.2. The van der Waals surface area contributed by atoms with Crippen molar-refractivity contribution in [3.8, 4) is 0 Å². The van der Waals surface area contributed by atoms with Gasteiger partial charge < -0.3 is 9.80 Å². The lowest BCUT2D eigenvalue weighted by Gasteiger charge is -2.36. The molecule has 1 aliphatic rings. The minimum Gasteiger partial charge on any atom is -0.367 e. The second-order valence-corrected chi connectivity index (χ2v) is 4.77. The van der Waals surface area contributed by atoms with Crippen LogP contribution in [0.3, 0.4) is 0 Å². The van der Waals surface area contributed by atoms with Crippen molar-refractivity contribution in [1.29, 1.82) is 0 Å². The Morgan fingerprint density at radius 3 is 2.53 bits per heavy atom. The molecule has 0 unspecified atom stereocenters. The van der Waals surface area contributed by atoms with E-state index >= 15 is 0 Å². The van der Waals surface area contributed by atoms with Crippen LogP contribution in [0.1, 0.15) is 0 Å². The van der Waals surface area contributed by atoms with Crippen LogP contribution in [0.5, 0.6) is 0 Å². The number of piperazine rings is 1. The lowest BCUT2D eigenvalue weighted by atomic mass is 10.2. The summed E-state index contributed by atoms with van der Waals surface area (Å²) in [5.74, 6) is 0.894. The summed E-state index contributed by atoms with van der Waals surface area (Å²) in [4.78, 5) is 16.9. The minimum atomic E-state index is 0.486. The second-order valence-electron chi connectivity index (χ2n) is 4.38. The van der Waals surface area contributed by atoms with Gasteiger partial charge in [-0.25, -0.2) is 9.97 Å². The SMILES string of the molecule is Clc1cc(N2CCN(c3cccnc3)CC2)ncn1. The van der Waals surface area contributed by atoms with Gasteiger partial charge in [-0.15, -0.1) is 0 Å². The van der Waals surface area contributed by atoms with E-state index in [4.69, 9.17) is 11.6 Å². The number of halogens is 1. The third kappa shape index (κ3) is 2.76. The fraction of sp³-hybridized carbons (Fsp3) is 0.308. The molecule has 0 radical (unpaired) electrons. The average Bonchev–Trinajstić information content (AvgIpc) is 2.48. The molecule has 98 valence electrons. The topological polar surface area (TPSA) is 45.2 Å². The summed E-state index contributed by atoms with van der Waals surface area (Å²) in [5, 5.41) is 0.486. The van der Waals surface area contributed by atoms with Crippen LogP contribution in [0, 0.1) is 0 Å². The third-order valence-corrected chi connectivity index (χ3v) is 3.44. The fourth-order valence-electron chi connectivity index (χ4n) is 2.23. The normalized spacial score (nSPS) is 15.6. The molecule has 6 heteroatoms.